The Morgan fingerprint density at radius 1 is 1.75 bits per heavy atom. The van der Waals surface area contributed by atoms with Gasteiger partial charge in [-0.25, -0.2) is 0 Å². The van der Waals surface area contributed by atoms with Crippen molar-refractivity contribution < 1.29 is 4.39 Å². The van der Waals surface area contributed by atoms with Crippen LogP contribution in [0.15, 0.2) is 10.2 Å². The van der Waals surface area contributed by atoms with Crippen molar-refractivity contribution in [3.63, 3.8) is 0 Å². The number of halogens is 1. The molecule has 0 atom stereocenters. The maximum absolute atomic E-state index is 11.1. The molecule has 0 rings (SSSR count). The Morgan fingerprint density at radius 3 is 2.75 bits per heavy atom. The van der Waals surface area contributed by atoms with E-state index >= 15 is 0 Å². The van der Waals surface area contributed by atoms with Gasteiger partial charge in [0, 0.05) is 5.71 Å². The second-order valence-electron chi connectivity index (χ2n) is 1.40. The van der Waals surface area contributed by atoms with Gasteiger partial charge in [0.15, 0.2) is 6.47 Å². The first-order valence-corrected chi connectivity index (χ1v) is 2.46. The van der Waals surface area contributed by atoms with E-state index in [1.54, 1.807) is 6.92 Å². The highest BCUT2D eigenvalue weighted by molar-refractivity contribution is 5.81. The van der Waals surface area contributed by atoms with E-state index in [-0.39, 0.29) is 6.47 Å². The van der Waals surface area contributed by atoms with Crippen molar-refractivity contribution >= 4 is 12.2 Å². The lowest BCUT2D eigenvalue weighted by Crippen LogP contribution is -1.83. The van der Waals surface area contributed by atoms with Crippen molar-refractivity contribution in [1.82, 2.24) is 0 Å². The average Bonchev–Trinajstić information content (AvgIpc) is 1.83. The van der Waals surface area contributed by atoms with Crippen LogP contribution in [0.1, 0.15) is 20.3 Å². The largest absolute Gasteiger partial charge is 0.197 e. The summed E-state index contributed by atoms with van der Waals surface area (Å²) in [6.07, 6.45) is 0.817. The molecule has 0 unspecified atom stereocenters. The van der Waals surface area contributed by atoms with Crippen LogP contribution < -0.4 is 0 Å². The molecule has 8 heavy (non-hydrogen) atoms. The molecule has 0 fully saturated rings. The molecular formula is C5H9FN2. The highest BCUT2D eigenvalue weighted by Gasteiger charge is 1.79. The molecule has 0 N–H and O–H groups in total. The van der Waals surface area contributed by atoms with E-state index < -0.39 is 0 Å². The van der Waals surface area contributed by atoms with Crippen molar-refractivity contribution in [1.29, 1.82) is 0 Å². The molecule has 46 valence electrons. The maximum atomic E-state index is 11.1. The fourth-order valence-electron chi connectivity index (χ4n) is 0.191. The Labute approximate surface area is 48.1 Å². The second kappa shape index (κ2) is 4.43. The van der Waals surface area contributed by atoms with Gasteiger partial charge in [0.1, 0.15) is 0 Å². The zero-order chi connectivity index (χ0) is 6.41. The first-order valence-electron chi connectivity index (χ1n) is 2.46. The van der Waals surface area contributed by atoms with Crippen LogP contribution in [0, 0.1) is 0 Å². The molecule has 0 bridgehead atoms. The molecule has 0 saturated carbocycles. The van der Waals surface area contributed by atoms with Gasteiger partial charge in [0.05, 0.1) is 0 Å². The lowest BCUT2D eigenvalue weighted by atomic mass is 10.3. The lowest BCUT2D eigenvalue weighted by molar-refractivity contribution is 0.831. The Bertz CT molecular complexity index is 107. The highest BCUT2D eigenvalue weighted by Crippen LogP contribution is 1.83. The number of rotatable bonds is 2. The minimum atomic E-state index is 0.180. The monoisotopic (exact) mass is 116 g/mol. The molecule has 3 heteroatoms. The van der Waals surface area contributed by atoms with Gasteiger partial charge in [-0.15, -0.1) is 5.10 Å². The van der Waals surface area contributed by atoms with E-state index in [9.17, 15) is 4.39 Å². The standard InChI is InChI=1S/C5H9FN2/c1-3-5(2)8-7-4-6/h4H,3H2,1-2H3/b7-4-,8-5+. The first-order chi connectivity index (χ1) is 3.81. The van der Waals surface area contributed by atoms with Crippen molar-refractivity contribution in [3.8, 4) is 0 Å². The molecule has 0 aliphatic carbocycles. The minimum Gasteiger partial charge on any atom is -0.192 e. The third-order valence-electron chi connectivity index (χ3n) is 0.784. The predicted octanol–water partition coefficient (Wildman–Crippen LogP) is 1.77. The Morgan fingerprint density at radius 2 is 2.38 bits per heavy atom. The summed E-state index contributed by atoms with van der Waals surface area (Å²) < 4.78 is 11.1. The normalized spacial score (nSPS) is 13.1. The number of hydrogen-bond acceptors (Lipinski definition) is 2. The molecule has 0 aromatic rings. The van der Waals surface area contributed by atoms with E-state index in [1.165, 1.54) is 0 Å². The smallest absolute Gasteiger partial charge is 0.192 e. The van der Waals surface area contributed by atoms with Gasteiger partial charge < -0.3 is 0 Å². The van der Waals surface area contributed by atoms with Gasteiger partial charge in [-0.2, -0.15) is 9.49 Å². The van der Waals surface area contributed by atoms with Crippen LogP contribution >= 0.6 is 0 Å². The molecule has 0 aliphatic rings. The molecule has 0 saturated heterocycles. The topological polar surface area (TPSA) is 24.7 Å². The second-order valence-corrected chi connectivity index (χ2v) is 1.40. The molecule has 0 aliphatic heterocycles. The molecule has 0 heterocycles. The summed E-state index contributed by atoms with van der Waals surface area (Å²) in [6, 6.07) is 0. The summed E-state index contributed by atoms with van der Waals surface area (Å²) in [5.74, 6) is 0. The van der Waals surface area contributed by atoms with Gasteiger partial charge >= 0.3 is 0 Å². The van der Waals surface area contributed by atoms with Crippen molar-refractivity contribution in [2.24, 2.45) is 10.2 Å². The Hall–Kier alpha value is -0.730. The molecule has 0 spiro atoms. The number of nitrogens with zero attached hydrogens (tertiary/aromatic N) is 2. The summed E-state index contributed by atoms with van der Waals surface area (Å²) in [4.78, 5) is 0. The summed E-state index contributed by atoms with van der Waals surface area (Å²) in [5, 5.41) is 6.51. The van der Waals surface area contributed by atoms with Gasteiger partial charge in [-0.05, 0) is 13.3 Å². The zero-order valence-corrected chi connectivity index (χ0v) is 5.06. The van der Waals surface area contributed by atoms with Gasteiger partial charge in [-0.1, -0.05) is 6.92 Å². The van der Waals surface area contributed by atoms with Crippen LogP contribution in [0.2, 0.25) is 0 Å². The third-order valence-corrected chi connectivity index (χ3v) is 0.784. The summed E-state index contributed by atoms with van der Waals surface area (Å²) in [5.41, 5.74) is 0.832. The first kappa shape index (κ1) is 7.27. The lowest BCUT2D eigenvalue weighted by Gasteiger charge is -1.84. The van der Waals surface area contributed by atoms with Crippen LogP contribution in [0.4, 0.5) is 4.39 Å². The van der Waals surface area contributed by atoms with Crippen LogP contribution in [0.3, 0.4) is 0 Å². The maximum Gasteiger partial charge on any atom is 0.197 e. The molecular weight excluding hydrogens is 107 g/mol. The average molecular weight is 116 g/mol. The van der Waals surface area contributed by atoms with Crippen LogP contribution in [-0.4, -0.2) is 12.2 Å². The quantitative estimate of drug-likeness (QED) is 0.388. The van der Waals surface area contributed by atoms with Crippen molar-refractivity contribution in [2.45, 2.75) is 20.3 Å². The Kier molecular flexibility index (Phi) is 4.03. The highest BCUT2D eigenvalue weighted by atomic mass is 19.1. The summed E-state index contributed by atoms with van der Waals surface area (Å²) >= 11 is 0. The zero-order valence-electron chi connectivity index (χ0n) is 5.06. The molecule has 0 aromatic heterocycles. The third kappa shape index (κ3) is 3.46. The molecule has 0 aromatic carbocycles. The van der Waals surface area contributed by atoms with Gasteiger partial charge in [0.25, 0.3) is 0 Å². The summed E-state index contributed by atoms with van der Waals surface area (Å²) in [6.45, 7) is 3.92. The van der Waals surface area contributed by atoms with E-state index in [1.807, 2.05) is 6.92 Å². The van der Waals surface area contributed by atoms with E-state index in [2.05, 4.69) is 10.2 Å². The van der Waals surface area contributed by atoms with Gasteiger partial charge in [-0.3, -0.25) is 0 Å². The van der Waals surface area contributed by atoms with Crippen LogP contribution in [0.5, 0.6) is 0 Å². The minimum absolute atomic E-state index is 0.180. The van der Waals surface area contributed by atoms with Crippen molar-refractivity contribution in [3.05, 3.63) is 0 Å². The predicted molar refractivity (Wildman–Crippen MR) is 33.0 cm³/mol. The van der Waals surface area contributed by atoms with Crippen LogP contribution in [-0.2, 0) is 0 Å². The molecule has 0 amide bonds. The number of hydrogen-bond donors (Lipinski definition) is 0. The molecule has 2 nitrogen and oxygen atoms in total. The van der Waals surface area contributed by atoms with E-state index in [0.717, 1.165) is 12.1 Å². The van der Waals surface area contributed by atoms with Crippen molar-refractivity contribution in [2.75, 3.05) is 0 Å². The van der Waals surface area contributed by atoms with E-state index in [4.69, 9.17) is 0 Å². The summed E-state index contributed by atoms with van der Waals surface area (Å²) in [7, 11) is 0. The Balaban J connectivity index is 3.57. The molecule has 0 radical (unpaired) electrons. The fraction of sp³-hybridized carbons (Fsp3) is 0.600. The van der Waals surface area contributed by atoms with Gasteiger partial charge in [0.2, 0.25) is 0 Å². The van der Waals surface area contributed by atoms with E-state index in [0.29, 0.717) is 0 Å². The SMILES string of the molecule is CC/C(C)=N/N=C\F. The fourth-order valence-corrected chi connectivity index (χ4v) is 0.191. The van der Waals surface area contributed by atoms with Crippen LogP contribution in [0.25, 0.3) is 0 Å².